The Morgan fingerprint density at radius 3 is 2.39 bits per heavy atom. The van der Waals surface area contributed by atoms with Gasteiger partial charge >= 0.3 is 0 Å². The molecular weight excluding hydrogens is 408 g/mol. The van der Waals surface area contributed by atoms with Gasteiger partial charge in [-0.15, -0.1) is 0 Å². The molecule has 0 unspecified atom stereocenters. The van der Waals surface area contributed by atoms with Gasteiger partial charge in [0.2, 0.25) is 0 Å². The fraction of sp³-hybridized carbons (Fsp3) is 0.393. The molecule has 4 aliphatic rings. The van der Waals surface area contributed by atoms with Gasteiger partial charge in [0.1, 0.15) is 0 Å². The van der Waals surface area contributed by atoms with Crippen molar-refractivity contribution in [3.8, 4) is 11.3 Å². The molecule has 4 saturated carbocycles. The molecule has 4 aliphatic carbocycles. The van der Waals surface area contributed by atoms with Gasteiger partial charge in [-0.3, -0.25) is 9.78 Å². The minimum atomic E-state index is -0.0347. The van der Waals surface area contributed by atoms with Gasteiger partial charge < -0.3 is 5.32 Å². The molecule has 0 saturated heterocycles. The van der Waals surface area contributed by atoms with Crippen molar-refractivity contribution in [2.24, 2.45) is 17.8 Å². The number of fused-ring (bicyclic) bond motifs is 3. The topological polar surface area (TPSA) is 59.3 Å². The van der Waals surface area contributed by atoms with Crippen LogP contribution in [0, 0.1) is 24.7 Å². The van der Waals surface area contributed by atoms with Gasteiger partial charge in [-0.25, -0.2) is 4.52 Å². The number of rotatable bonds is 3. The zero-order chi connectivity index (χ0) is 22.2. The summed E-state index contributed by atoms with van der Waals surface area (Å²) >= 11 is 0. The van der Waals surface area contributed by atoms with E-state index < -0.39 is 0 Å². The third-order valence-corrected chi connectivity index (χ3v) is 8.32. The zero-order valence-electron chi connectivity index (χ0n) is 18.9. The van der Waals surface area contributed by atoms with Crippen molar-refractivity contribution in [3.05, 3.63) is 66.0 Å². The van der Waals surface area contributed by atoms with Gasteiger partial charge in [0, 0.05) is 22.7 Å². The van der Waals surface area contributed by atoms with Crippen LogP contribution in [0.25, 0.3) is 27.7 Å². The van der Waals surface area contributed by atoms with Crippen molar-refractivity contribution < 1.29 is 4.79 Å². The third-order valence-electron chi connectivity index (χ3n) is 8.32. The number of nitrogens with one attached hydrogen (secondary N) is 1. The highest BCUT2D eigenvalue weighted by Gasteiger charge is 2.51. The van der Waals surface area contributed by atoms with Crippen molar-refractivity contribution in [1.82, 2.24) is 19.9 Å². The first kappa shape index (κ1) is 19.3. The summed E-state index contributed by atoms with van der Waals surface area (Å²) in [5, 5.41) is 9.33. The molecule has 5 heteroatoms. The van der Waals surface area contributed by atoms with Crippen LogP contribution in [0.1, 0.15) is 54.6 Å². The minimum absolute atomic E-state index is 0.0228. The van der Waals surface area contributed by atoms with E-state index in [2.05, 4.69) is 53.6 Å². The van der Waals surface area contributed by atoms with Crippen LogP contribution in [-0.4, -0.2) is 26.0 Å². The van der Waals surface area contributed by atoms with Gasteiger partial charge in [-0.05, 0) is 87.5 Å². The molecule has 4 bridgehead atoms. The van der Waals surface area contributed by atoms with Crippen LogP contribution in [0.15, 0.2) is 54.7 Å². The molecule has 1 N–H and O–H groups in total. The number of benzene rings is 1. The monoisotopic (exact) mass is 436 g/mol. The van der Waals surface area contributed by atoms with E-state index in [1.165, 1.54) is 24.8 Å². The number of amides is 1. The summed E-state index contributed by atoms with van der Waals surface area (Å²) in [4.78, 5) is 18.1. The van der Waals surface area contributed by atoms with E-state index in [9.17, 15) is 4.79 Å². The van der Waals surface area contributed by atoms with Gasteiger partial charge in [-0.2, -0.15) is 5.10 Å². The SMILES string of the molecule is Cc1ccc(-c2cc3ncccc3c3cc(C(=O)NC45CC6CC(CC(C6)C4)C5)nn23)cc1. The fourth-order valence-corrected chi connectivity index (χ4v) is 7.31. The molecule has 1 aromatic carbocycles. The number of hydrogen-bond donors (Lipinski definition) is 1. The summed E-state index contributed by atoms with van der Waals surface area (Å²) in [6, 6.07) is 16.4. The van der Waals surface area contributed by atoms with E-state index in [1.54, 1.807) is 0 Å². The summed E-state index contributed by atoms with van der Waals surface area (Å²) in [6.45, 7) is 2.09. The first-order valence-corrected chi connectivity index (χ1v) is 12.2. The third kappa shape index (κ3) is 3.09. The molecule has 33 heavy (non-hydrogen) atoms. The van der Waals surface area contributed by atoms with E-state index in [1.807, 2.05) is 22.8 Å². The van der Waals surface area contributed by atoms with Gasteiger partial charge in [-0.1, -0.05) is 29.8 Å². The van der Waals surface area contributed by atoms with Gasteiger partial charge in [0.05, 0.1) is 16.7 Å². The first-order chi connectivity index (χ1) is 16.1. The summed E-state index contributed by atoms with van der Waals surface area (Å²) in [5.41, 5.74) is 5.53. The maximum Gasteiger partial charge on any atom is 0.272 e. The van der Waals surface area contributed by atoms with E-state index in [4.69, 9.17) is 5.10 Å². The van der Waals surface area contributed by atoms with Crippen molar-refractivity contribution in [3.63, 3.8) is 0 Å². The maximum absolute atomic E-state index is 13.5. The number of nitrogens with zero attached hydrogens (tertiary/aromatic N) is 3. The molecule has 0 radical (unpaired) electrons. The fourth-order valence-electron chi connectivity index (χ4n) is 7.31. The molecule has 3 heterocycles. The quantitative estimate of drug-likeness (QED) is 0.458. The lowest BCUT2D eigenvalue weighted by molar-refractivity contribution is -0.0167. The van der Waals surface area contributed by atoms with Crippen LogP contribution < -0.4 is 5.32 Å². The summed E-state index contributed by atoms with van der Waals surface area (Å²) in [7, 11) is 0. The molecular formula is C28H28N4O. The molecule has 1 amide bonds. The second-order valence-electron chi connectivity index (χ2n) is 10.8. The maximum atomic E-state index is 13.5. The Morgan fingerprint density at radius 1 is 1.00 bits per heavy atom. The average Bonchev–Trinajstić information content (AvgIpc) is 3.24. The lowest BCUT2D eigenvalue weighted by Gasteiger charge is -2.56. The van der Waals surface area contributed by atoms with E-state index in [0.29, 0.717) is 5.69 Å². The normalized spacial score (nSPS) is 28.0. The van der Waals surface area contributed by atoms with Crippen LogP contribution in [0.5, 0.6) is 0 Å². The second-order valence-corrected chi connectivity index (χ2v) is 10.8. The smallest absolute Gasteiger partial charge is 0.272 e. The molecule has 5 nitrogen and oxygen atoms in total. The van der Waals surface area contributed by atoms with Crippen LogP contribution in [-0.2, 0) is 0 Å². The molecule has 4 fully saturated rings. The van der Waals surface area contributed by atoms with Crippen molar-refractivity contribution in [2.75, 3.05) is 0 Å². The average molecular weight is 437 g/mol. The van der Waals surface area contributed by atoms with Gasteiger partial charge in [0.15, 0.2) is 5.69 Å². The highest BCUT2D eigenvalue weighted by molar-refractivity contribution is 6.00. The Hall–Kier alpha value is -3.21. The van der Waals surface area contributed by atoms with Crippen LogP contribution in [0.2, 0.25) is 0 Å². The van der Waals surface area contributed by atoms with Crippen molar-refractivity contribution in [1.29, 1.82) is 0 Å². The van der Waals surface area contributed by atoms with Gasteiger partial charge in [0.25, 0.3) is 5.91 Å². The lowest BCUT2D eigenvalue weighted by atomic mass is 9.53. The number of aromatic nitrogens is 3. The number of carbonyl (C=O) groups excluding carboxylic acids is 1. The molecule has 0 atom stereocenters. The molecule has 0 spiro atoms. The predicted octanol–water partition coefficient (Wildman–Crippen LogP) is 5.56. The van der Waals surface area contributed by atoms with E-state index in [0.717, 1.165) is 64.7 Å². The molecule has 4 aromatic rings. The summed E-state index contributed by atoms with van der Waals surface area (Å²) < 4.78 is 1.92. The number of carbonyl (C=O) groups is 1. The lowest BCUT2D eigenvalue weighted by Crippen LogP contribution is -2.59. The zero-order valence-corrected chi connectivity index (χ0v) is 18.9. The first-order valence-electron chi connectivity index (χ1n) is 12.2. The molecule has 0 aliphatic heterocycles. The van der Waals surface area contributed by atoms with E-state index >= 15 is 0 Å². The Kier molecular flexibility index (Phi) is 4.03. The van der Waals surface area contributed by atoms with Crippen molar-refractivity contribution in [2.45, 2.75) is 51.0 Å². The Labute approximate surface area is 193 Å². The highest BCUT2D eigenvalue weighted by Crippen LogP contribution is 2.55. The highest BCUT2D eigenvalue weighted by atomic mass is 16.2. The van der Waals surface area contributed by atoms with Crippen molar-refractivity contribution >= 4 is 22.3 Å². The largest absolute Gasteiger partial charge is 0.345 e. The number of aryl methyl sites for hydroxylation is 1. The van der Waals surface area contributed by atoms with Crippen LogP contribution >= 0.6 is 0 Å². The minimum Gasteiger partial charge on any atom is -0.345 e. The summed E-state index contributed by atoms with van der Waals surface area (Å²) in [6.07, 6.45) is 9.32. The molecule has 3 aromatic heterocycles. The Bertz CT molecular complexity index is 1370. The Balaban J connectivity index is 1.32. The number of hydrogen-bond acceptors (Lipinski definition) is 3. The van der Waals surface area contributed by atoms with Crippen LogP contribution in [0.3, 0.4) is 0 Å². The molecule has 166 valence electrons. The Morgan fingerprint density at radius 2 is 1.70 bits per heavy atom. The molecule has 8 rings (SSSR count). The van der Waals surface area contributed by atoms with Crippen LogP contribution in [0.4, 0.5) is 0 Å². The summed E-state index contributed by atoms with van der Waals surface area (Å²) in [5.74, 6) is 2.34. The number of pyridine rings is 2. The predicted molar refractivity (Wildman–Crippen MR) is 129 cm³/mol. The van der Waals surface area contributed by atoms with E-state index in [-0.39, 0.29) is 11.4 Å². The second kappa shape index (κ2) is 6.89. The standard InChI is InChI=1S/C28H28N4O/c1-17-4-6-21(7-5-17)25-12-23-22(3-2-8-29-23)26-13-24(31-32(25)26)27(33)30-28-14-18-9-19(15-28)11-20(10-18)16-28/h2-8,12-13,18-20H,9-11,14-16H2,1H3,(H,30,33).